The lowest BCUT2D eigenvalue weighted by Crippen LogP contribution is -2.61. The van der Waals surface area contributed by atoms with E-state index in [4.69, 9.17) is 9.10 Å². The summed E-state index contributed by atoms with van der Waals surface area (Å²) < 4.78 is 28.2. The molecule has 10 nitrogen and oxygen atoms in total. The average molecular weight is 450 g/mol. The van der Waals surface area contributed by atoms with Crippen LogP contribution in [0, 0.1) is 18.8 Å². The number of imidazole rings is 1. The minimum atomic E-state index is -2.69. The lowest BCUT2D eigenvalue weighted by Gasteiger charge is -2.60. The molecule has 0 saturated heterocycles. The van der Waals surface area contributed by atoms with Gasteiger partial charge >= 0.3 is 5.69 Å². The molecule has 2 unspecified atom stereocenters. The number of hydrogen-bond acceptors (Lipinski definition) is 7. The van der Waals surface area contributed by atoms with Gasteiger partial charge in [0.2, 0.25) is 5.95 Å². The Labute approximate surface area is 193 Å². The summed E-state index contributed by atoms with van der Waals surface area (Å²) in [6.45, 7) is -0.764. The molecule has 2 atom stereocenters. The summed E-state index contributed by atoms with van der Waals surface area (Å²) in [6.07, 6.45) is 9.07. The molecular weight excluding hydrogens is 420 g/mol. The fourth-order valence-corrected chi connectivity index (χ4v) is 7.11. The summed E-state index contributed by atoms with van der Waals surface area (Å²) >= 11 is 0. The Morgan fingerprint density at radius 1 is 1.24 bits per heavy atom. The Bertz CT molecular complexity index is 1590. The fourth-order valence-electron chi connectivity index (χ4n) is 7.11. The summed E-state index contributed by atoms with van der Waals surface area (Å²) in [5.41, 5.74) is 0.651. The maximum Gasteiger partial charge on any atom is 0.330 e. The molecule has 4 aromatic heterocycles. The van der Waals surface area contributed by atoms with Gasteiger partial charge in [0.15, 0.2) is 11.3 Å². The highest BCUT2D eigenvalue weighted by Gasteiger charge is 2.59. The normalized spacial score (nSPS) is 32.2. The Hall–Kier alpha value is -3.27. The first-order chi connectivity index (χ1) is 17.0. The monoisotopic (exact) mass is 449 g/mol. The quantitative estimate of drug-likeness (QED) is 0.493. The lowest BCUT2D eigenvalue weighted by atomic mass is 9.51. The number of aliphatic hydroxyl groups is 1. The third kappa shape index (κ3) is 2.67. The first-order valence-electron chi connectivity index (χ1n) is 12.8. The SMILES string of the molecule is [2H]C([2H])([2H])n1c(=O)n(C23CC4CC(CC(O)(C4)C2)C3)c2nc(Nc3cn4ncnc4cc3C)ncc21. The van der Waals surface area contributed by atoms with E-state index in [9.17, 15) is 9.90 Å². The van der Waals surface area contributed by atoms with Gasteiger partial charge in [-0.05, 0) is 68.9 Å². The highest BCUT2D eigenvalue weighted by atomic mass is 16.3. The Morgan fingerprint density at radius 2 is 2.06 bits per heavy atom. The number of aromatic nitrogens is 7. The first-order valence-corrected chi connectivity index (χ1v) is 11.3. The molecule has 0 aliphatic heterocycles. The number of nitrogens with zero attached hydrogens (tertiary/aromatic N) is 7. The van der Waals surface area contributed by atoms with Gasteiger partial charge in [-0.2, -0.15) is 10.1 Å². The van der Waals surface area contributed by atoms with Gasteiger partial charge in [0.05, 0.1) is 29.2 Å². The highest BCUT2D eigenvalue weighted by Crippen LogP contribution is 2.60. The van der Waals surface area contributed by atoms with Crippen molar-refractivity contribution in [2.75, 3.05) is 5.32 Å². The van der Waals surface area contributed by atoms with E-state index in [0.29, 0.717) is 29.6 Å². The Morgan fingerprint density at radius 3 is 2.82 bits per heavy atom. The molecule has 10 heteroatoms. The third-order valence-electron chi connectivity index (χ3n) is 7.93. The maximum atomic E-state index is 13.8. The van der Waals surface area contributed by atoms with Crippen LogP contribution >= 0.6 is 0 Å². The number of aryl methyl sites for hydroxylation is 2. The van der Waals surface area contributed by atoms with Crippen LogP contribution < -0.4 is 11.0 Å². The van der Waals surface area contributed by atoms with Crippen LogP contribution in [-0.2, 0) is 12.5 Å². The van der Waals surface area contributed by atoms with E-state index in [1.807, 2.05) is 13.0 Å². The molecule has 0 radical (unpaired) electrons. The van der Waals surface area contributed by atoms with E-state index in [0.717, 1.165) is 42.2 Å². The average Bonchev–Trinajstić information content (AvgIpc) is 3.32. The van der Waals surface area contributed by atoms with Crippen molar-refractivity contribution in [1.29, 1.82) is 0 Å². The molecule has 4 aliphatic carbocycles. The van der Waals surface area contributed by atoms with Crippen LogP contribution in [0.25, 0.3) is 16.8 Å². The van der Waals surface area contributed by atoms with Crippen molar-refractivity contribution in [2.24, 2.45) is 18.8 Å². The smallest absolute Gasteiger partial charge is 0.330 e. The predicted octanol–water partition coefficient (Wildman–Crippen LogP) is 2.26. The van der Waals surface area contributed by atoms with E-state index in [1.54, 1.807) is 15.3 Å². The maximum absolute atomic E-state index is 13.8. The Kier molecular flexibility index (Phi) is 3.07. The molecule has 170 valence electrons. The number of nitrogens with one attached hydrogen (secondary N) is 1. The van der Waals surface area contributed by atoms with Gasteiger partial charge in [-0.25, -0.2) is 19.3 Å². The topological polar surface area (TPSA) is 115 Å². The van der Waals surface area contributed by atoms with Crippen molar-refractivity contribution < 1.29 is 9.22 Å². The van der Waals surface area contributed by atoms with Crippen LogP contribution in [0.4, 0.5) is 11.6 Å². The van der Waals surface area contributed by atoms with E-state index < -0.39 is 23.8 Å². The summed E-state index contributed by atoms with van der Waals surface area (Å²) in [6, 6.07) is 1.88. The van der Waals surface area contributed by atoms with Gasteiger partial charge in [-0.3, -0.25) is 9.13 Å². The first kappa shape index (κ1) is 16.4. The van der Waals surface area contributed by atoms with Gasteiger partial charge in [0, 0.05) is 11.1 Å². The second kappa shape index (κ2) is 6.19. The third-order valence-corrected chi connectivity index (χ3v) is 7.93. The van der Waals surface area contributed by atoms with Crippen LogP contribution in [0.1, 0.15) is 48.2 Å². The zero-order valence-electron chi connectivity index (χ0n) is 21.2. The minimum absolute atomic E-state index is 0.164. The number of pyridine rings is 1. The van der Waals surface area contributed by atoms with E-state index in [1.165, 1.54) is 12.5 Å². The van der Waals surface area contributed by atoms with Crippen LogP contribution in [0.15, 0.2) is 29.6 Å². The molecule has 4 heterocycles. The van der Waals surface area contributed by atoms with Crippen molar-refractivity contribution >= 4 is 28.4 Å². The molecule has 33 heavy (non-hydrogen) atoms. The van der Waals surface area contributed by atoms with Crippen LogP contribution in [-0.4, -0.2) is 44.4 Å². The van der Waals surface area contributed by atoms with Crippen LogP contribution in [0.2, 0.25) is 0 Å². The highest BCUT2D eigenvalue weighted by molar-refractivity contribution is 5.73. The molecule has 4 fully saturated rings. The van der Waals surface area contributed by atoms with Gasteiger partial charge in [0.1, 0.15) is 11.8 Å². The predicted molar refractivity (Wildman–Crippen MR) is 121 cm³/mol. The second-order valence-electron chi connectivity index (χ2n) is 10.3. The van der Waals surface area contributed by atoms with E-state index >= 15 is 0 Å². The van der Waals surface area contributed by atoms with Gasteiger partial charge in [-0.15, -0.1) is 0 Å². The summed E-state index contributed by atoms with van der Waals surface area (Å²) in [5.74, 6) is 0.863. The molecule has 8 rings (SSSR count). The molecule has 0 spiro atoms. The lowest BCUT2D eigenvalue weighted by molar-refractivity contribution is -0.156. The van der Waals surface area contributed by atoms with E-state index in [2.05, 4.69) is 20.4 Å². The summed E-state index contributed by atoms with van der Waals surface area (Å²) in [7, 11) is 0. The number of anilines is 2. The van der Waals surface area contributed by atoms with Crippen molar-refractivity contribution in [3.8, 4) is 0 Å². The van der Waals surface area contributed by atoms with Crippen molar-refractivity contribution in [3.05, 3.63) is 40.8 Å². The fraction of sp³-hybridized carbons (Fsp3) is 0.522. The molecule has 0 amide bonds. The molecule has 4 bridgehead atoms. The van der Waals surface area contributed by atoms with E-state index in [-0.39, 0.29) is 17.1 Å². The van der Waals surface area contributed by atoms with Crippen molar-refractivity contribution in [2.45, 2.75) is 56.6 Å². The van der Waals surface area contributed by atoms with Gasteiger partial charge < -0.3 is 10.4 Å². The Balaban J connectivity index is 1.41. The zero-order valence-corrected chi connectivity index (χ0v) is 18.2. The number of fused-ring (bicyclic) bond motifs is 2. The molecule has 4 aromatic rings. The molecule has 4 aliphatic rings. The van der Waals surface area contributed by atoms with Crippen molar-refractivity contribution in [3.63, 3.8) is 0 Å². The second-order valence-corrected chi connectivity index (χ2v) is 10.3. The molecule has 2 N–H and O–H groups in total. The zero-order chi connectivity index (χ0) is 25.0. The molecular formula is C23H26N8O2. The van der Waals surface area contributed by atoms with Crippen LogP contribution in [0.3, 0.4) is 0 Å². The minimum Gasteiger partial charge on any atom is -0.390 e. The molecule has 0 aromatic carbocycles. The molecule has 4 saturated carbocycles. The standard InChI is InChI=1S/C23H26N8O2/c1-13-3-18-25-12-26-30(18)10-16(13)27-20-24-9-17-19(28-20)31(21(32)29(17)2)22-5-14-4-15(6-22)8-23(33,7-14)11-22/h3,9-10,12,14-15,33H,4-8,11H2,1-2H3,(H,24,27,28)/i2D3. The van der Waals surface area contributed by atoms with Gasteiger partial charge in [0.25, 0.3) is 0 Å². The summed E-state index contributed by atoms with van der Waals surface area (Å²) in [5, 5.41) is 18.7. The van der Waals surface area contributed by atoms with Gasteiger partial charge in [-0.1, -0.05) is 0 Å². The van der Waals surface area contributed by atoms with Crippen LogP contribution in [0.5, 0.6) is 0 Å². The van der Waals surface area contributed by atoms with Crippen molar-refractivity contribution in [1.82, 2.24) is 33.7 Å². The number of rotatable bonds is 3. The summed E-state index contributed by atoms with van der Waals surface area (Å²) in [4.78, 5) is 27.0. The largest absolute Gasteiger partial charge is 0.390 e. The number of hydrogen-bond donors (Lipinski definition) is 2.